The van der Waals surface area contributed by atoms with Gasteiger partial charge >= 0.3 is 0 Å². The van der Waals surface area contributed by atoms with Crippen molar-refractivity contribution in [2.75, 3.05) is 0 Å². The summed E-state index contributed by atoms with van der Waals surface area (Å²) in [5, 5.41) is 13.1. The molecule has 0 bridgehead atoms. The fraction of sp³-hybridized carbons (Fsp3) is 0.226. The maximum absolute atomic E-state index is 13.1. The predicted octanol–water partition coefficient (Wildman–Crippen LogP) is 16.5. The van der Waals surface area contributed by atoms with Gasteiger partial charge in [0, 0.05) is 72.9 Å². The summed E-state index contributed by atoms with van der Waals surface area (Å²) in [6.45, 7) is -20.9. The Labute approximate surface area is 441 Å². The summed E-state index contributed by atoms with van der Waals surface area (Å²) in [5.41, 5.74) is -4.92. The van der Waals surface area contributed by atoms with Crippen LogP contribution in [0.15, 0.2) is 164 Å². The van der Waals surface area contributed by atoms with Gasteiger partial charge in [-0.05, 0) is 93.2 Å². The van der Waals surface area contributed by atoms with Gasteiger partial charge in [0.15, 0.2) is 0 Å². The van der Waals surface area contributed by atoms with E-state index in [1.54, 1.807) is 66.9 Å². The number of rotatable bonds is 9. The average molecular weight is 1080 g/mol. The van der Waals surface area contributed by atoms with Gasteiger partial charge in [0.2, 0.25) is 0 Å². The average Bonchev–Trinajstić information content (AvgIpc) is 0.786. The van der Waals surface area contributed by atoms with Crippen LogP contribution in [-0.2, 0) is 37.3 Å². The molecule has 0 aliphatic carbocycles. The number of benzene rings is 7. The maximum Gasteiger partial charge on any atom is 0.148 e. The molecule has 0 amide bonds. The van der Waals surface area contributed by atoms with Gasteiger partial charge in [-0.2, -0.15) is 0 Å². The number of pyridine rings is 1. The fourth-order valence-electron chi connectivity index (χ4n) is 8.32. The van der Waals surface area contributed by atoms with Crippen molar-refractivity contribution in [1.29, 1.82) is 0 Å². The van der Waals surface area contributed by atoms with E-state index in [1.165, 1.54) is 16.7 Å². The van der Waals surface area contributed by atoms with Gasteiger partial charge in [-0.25, -0.2) is 4.98 Å². The number of fused-ring (bicyclic) bond motifs is 1. The third-order valence-electron chi connectivity index (χ3n) is 12.4. The predicted molar refractivity (Wildman–Crippen MR) is 277 cm³/mol. The van der Waals surface area contributed by atoms with Crippen LogP contribution in [0, 0.1) is 12.9 Å². The van der Waals surface area contributed by atoms with Gasteiger partial charge in [-0.15, -0.1) is 23.8 Å². The van der Waals surface area contributed by atoms with Gasteiger partial charge in [-0.1, -0.05) is 199 Å². The second-order valence-electron chi connectivity index (χ2n) is 17.3. The Hall–Kier alpha value is -6.35. The van der Waals surface area contributed by atoms with Crippen LogP contribution in [0.4, 0.5) is 0 Å². The molecule has 5 heteroatoms. The normalized spacial score (nSPS) is 18.0. The summed E-state index contributed by atoms with van der Waals surface area (Å²) in [6.07, 6.45) is 2.29. The molecule has 1 N–H and O–H groups in total. The van der Waals surface area contributed by atoms with Crippen LogP contribution in [0.25, 0.3) is 83.9 Å². The van der Waals surface area contributed by atoms with E-state index in [1.807, 2.05) is 93.6 Å². The van der Waals surface area contributed by atoms with Crippen LogP contribution in [0.2, 0.25) is 0 Å². The molecule has 0 atom stereocenters. The third kappa shape index (κ3) is 9.34. The molecule has 2 aromatic heterocycles. The Bertz CT molecular complexity index is 3950. The number of aromatic nitrogens is 3. The molecule has 4 nitrogen and oxygen atoms in total. The van der Waals surface area contributed by atoms with Crippen molar-refractivity contribution < 1.29 is 55.0 Å². The Morgan fingerprint density at radius 3 is 1.96 bits per heavy atom. The summed E-state index contributed by atoms with van der Waals surface area (Å²) in [7, 11) is 0. The number of aryl methyl sites for hydroxylation is 1. The summed E-state index contributed by atoms with van der Waals surface area (Å²) >= 11 is 0. The molecular weight excluding hydrogens is 998 g/mol. The summed E-state index contributed by atoms with van der Waals surface area (Å²) in [6, 6.07) is 47.3. The first-order valence-corrected chi connectivity index (χ1v) is 21.5. The summed E-state index contributed by atoms with van der Waals surface area (Å²) < 4.78 is 184. The van der Waals surface area contributed by atoms with Crippen molar-refractivity contribution in [1.82, 2.24) is 14.5 Å². The van der Waals surface area contributed by atoms with Gasteiger partial charge in [0.05, 0.1) is 22.3 Å². The first-order valence-electron chi connectivity index (χ1n) is 32.0. The first-order chi connectivity index (χ1) is 40.2. The summed E-state index contributed by atoms with van der Waals surface area (Å²) in [4.78, 5) is 9.95. The topological polar surface area (TPSA) is 50.9 Å². The van der Waals surface area contributed by atoms with Crippen molar-refractivity contribution in [3.63, 3.8) is 0 Å². The van der Waals surface area contributed by atoms with Crippen LogP contribution in [0.1, 0.15) is 119 Å². The molecule has 67 heavy (non-hydrogen) atoms. The first kappa shape index (κ1) is 27.5. The molecule has 0 aliphatic rings. The quantitative estimate of drug-likeness (QED) is 0.147. The Balaban J connectivity index is 0.0000100. The molecule has 0 aliphatic heterocycles. The third-order valence-corrected chi connectivity index (χ3v) is 12.4. The van der Waals surface area contributed by atoms with E-state index in [2.05, 4.69) is 6.07 Å². The number of hydrogen-bond donors (Lipinski definition) is 1. The molecule has 0 saturated heterocycles. The molecular formula is C62H60N3OPt-. The zero-order chi connectivity index (χ0) is 64.0. The van der Waals surface area contributed by atoms with Gasteiger partial charge < -0.3 is 5.11 Å². The van der Waals surface area contributed by atoms with Gasteiger partial charge in [0.25, 0.3) is 0 Å². The number of nitrogens with zero attached hydrogens (tertiary/aromatic N) is 3. The molecule has 0 radical (unpaired) electrons. The minimum absolute atomic E-state index is 0. The number of imidazole rings is 1. The molecule has 7 aromatic carbocycles. The molecule has 0 saturated carbocycles. The van der Waals surface area contributed by atoms with Crippen LogP contribution in [0.3, 0.4) is 0 Å². The SMILES string of the molecule is [2H]C([2H])([2H])c1ccc(-c2ccnc(-c3[c-]c(-c4cccc5c4nc(-c4cc(C(C([2H])([2H])[2H])(C([2H])([2H])[2H])C([2H])([2H])[2H])cc(C(C([2H])([2H])[2H])(C([2H])([2H])[2H])C([2H])([2H])[2H])c4O)n5-c4ccc(C(C)(C)CC)cc4-c4ccccc4)cc(-c4ccccc4)c3)c2)cc1.[Pt]. The van der Waals surface area contributed by atoms with Gasteiger partial charge in [-0.3, -0.25) is 9.55 Å². The minimum Gasteiger partial charge on any atom is -0.507 e. The molecule has 9 rings (SSSR count). The molecule has 0 spiro atoms. The van der Waals surface area contributed by atoms with Crippen LogP contribution >= 0.6 is 0 Å². The fourth-order valence-corrected chi connectivity index (χ4v) is 8.32. The molecule has 9 aromatic rings. The summed E-state index contributed by atoms with van der Waals surface area (Å²) in [5.74, 6) is -1.85. The maximum atomic E-state index is 13.1. The molecule has 0 unspecified atom stereocenters. The molecule has 0 fully saturated rings. The number of phenolic OH excluding ortho intramolecular Hbond substituents is 1. The van der Waals surface area contributed by atoms with Crippen molar-refractivity contribution in [3.05, 3.63) is 192 Å². The monoisotopic (exact) mass is 1080 g/mol. The van der Waals surface area contributed by atoms with Crippen LogP contribution < -0.4 is 0 Å². The van der Waals surface area contributed by atoms with E-state index >= 15 is 0 Å². The van der Waals surface area contributed by atoms with E-state index in [-0.39, 0.29) is 49.4 Å². The van der Waals surface area contributed by atoms with Crippen molar-refractivity contribution in [2.24, 2.45) is 0 Å². The number of hydrogen-bond acceptors (Lipinski definition) is 3. The minimum atomic E-state index is -4.17. The Morgan fingerprint density at radius 2 is 1.27 bits per heavy atom. The van der Waals surface area contributed by atoms with Crippen LogP contribution in [0.5, 0.6) is 5.75 Å². The van der Waals surface area contributed by atoms with Gasteiger partial charge in [0.1, 0.15) is 11.6 Å². The zero-order valence-corrected chi connectivity index (χ0v) is 39.2. The standard InChI is InChI=1S/C62H60N3O.Pt/c1-11-62(9,10)48-29-30-55(51(37-48)43-21-16-13-17-22-43)65-56-24-18-23-50(57(56)64-59(65)52-38-49(60(3,4)5)39-53(58(52)66)61(6,7)8)46-33-45(41-19-14-12-15-20-41)34-47(35-46)54-36-44(31-32-63-54)42-27-25-40(2)26-28-42;/h12-34,36-39,66H,11H2,1-10H3;/q-1;/i2D3,3D3,4D3,5D3,6D3,7D3,8D3;. The second-order valence-corrected chi connectivity index (χ2v) is 17.3. The van der Waals surface area contributed by atoms with E-state index in [9.17, 15) is 5.11 Å². The van der Waals surface area contributed by atoms with Crippen molar-refractivity contribution >= 4 is 11.0 Å². The molecule has 340 valence electrons. The van der Waals surface area contributed by atoms with E-state index < -0.39 is 92.5 Å². The largest absolute Gasteiger partial charge is 0.507 e. The van der Waals surface area contributed by atoms with Crippen molar-refractivity contribution in [3.8, 4) is 78.6 Å². The number of para-hydroxylation sites is 1. The number of aromatic hydroxyl groups is 1. The van der Waals surface area contributed by atoms with Crippen molar-refractivity contribution in [2.45, 2.75) is 91.4 Å². The van der Waals surface area contributed by atoms with E-state index in [0.29, 0.717) is 62.7 Å². The van der Waals surface area contributed by atoms with Crippen LogP contribution in [-0.4, -0.2) is 19.6 Å². The second kappa shape index (κ2) is 18.4. The Morgan fingerprint density at radius 1 is 0.597 bits per heavy atom. The van der Waals surface area contributed by atoms with E-state index in [4.69, 9.17) is 38.8 Å². The smallest absolute Gasteiger partial charge is 0.148 e. The number of phenols is 1. The molecule has 2 heterocycles. The Kier molecular flexibility index (Phi) is 7.53. The van der Waals surface area contributed by atoms with E-state index in [0.717, 1.165) is 11.1 Å². The zero-order valence-electron chi connectivity index (χ0n) is 57.9.